The number of amides is 2. The number of aryl methyl sites for hydroxylation is 1. The monoisotopic (exact) mass is 520 g/mol. The largest absolute Gasteiger partial charge is 0.326 e. The van der Waals surface area contributed by atoms with Crippen molar-refractivity contribution in [2.45, 2.75) is 31.1 Å². The second kappa shape index (κ2) is 10.2. The van der Waals surface area contributed by atoms with Gasteiger partial charge >= 0.3 is 0 Å². The highest BCUT2D eigenvalue weighted by Crippen LogP contribution is 2.38. The molecule has 0 spiro atoms. The predicted molar refractivity (Wildman–Crippen MR) is 142 cm³/mol. The Labute approximate surface area is 217 Å². The average Bonchev–Trinajstić information content (AvgIpc) is 3.46. The summed E-state index contributed by atoms with van der Waals surface area (Å²) in [6.45, 7) is 1.88. The second-order valence-electron chi connectivity index (χ2n) is 8.58. The molecule has 2 unspecified atom stereocenters. The zero-order valence-electron chi connectivity index (χ0n) is 19.3. The molecule has 6 nitrogen and oxygen atoms in total. The van der Waals surface area contributed by atoms with Gasteiger partial charge in [-0.05, 0) is 47.9 Å². The van der Waals surface area contributed by atoms with Gasteiger partial charge in [-0.15, -0.1) is 0 Å². The molecule has 36 heavy (non-hydrogen) atoms. The SMILES string of the molecule is Cc1ccc(NC(=O)CC2SC(N3N=C(c4ccccc4)CC3c3ccc(F)cc3)=NC2=O)cc1Cl. The van der Waals surface area contributed by atoms with Gasteiger partial charge in [0, 0.05) is 23.6 Å². The van der Waals surface area contributed by atoms with E-state index in [0.717, 1.165) is 22.4 Å². The van der Waals surface area contributed by atoms with Gasteiger partial charge in [0.1, 0.15) is 11.1 Å². The van der Waals surface area contributed by atoms with Crippen LogP contribution >= 0.6 is 23.4 Å². The highest BCUT2D eigenvalue weighted by molar-refractivity contribution is 8.15. The van der Waals surface area contributed by atoms with E-state index < -0.39 is 5.25 Å². The topological polar surface area (TPSA) is 74.1 Å². The first-order valence-corrected chi connectivity index (χ1v) is 12.7. The van der Waals surface area contributed by atoms with Gasteiger partial charge in [0.15, 0.2) is 5.17 Å². The van der Waals surface area contributed by atoms with Gasteiger partial charge in [0.05, 0.1) is 11.8 Å². The number of nitrogens with one attached hydrogen (secondary N) is 1. The number of hydrazone groups is 1. The van der Waals surface area contributed by atoms with Crippen molar-refractivity contribution in [1.29, 1.82) is 0 Å². The van der Waals surface area contributed by atoms with E-state index in [9.17, 15) is 14.0 Å². The zero-order chi connectivity index (χ0) is 25.2. The Hall–Kier alpha value is -3.49. The molecule has 0 bridgehead atoms. The second-order valence-corrected chi connectivity index (χ2v) is 10.2. The number of thioether (sulfide) groups is 1. The van der Waals surface area contributed by atoms with E-state index in [1.54, 1.807) is 29.3 Å². The van der Waals surface area contributed by atoms with Crippen molar-refractivity contribution >= 4 is 51.7 Å². The van der Waals surface area contributed by atoms with Crippen molar-refractivity contribution < 1.29 is 14.0 Å². The summed E-state index contributed by atoms with van der Waals surface area (Å²) in [5, 5.41) is 9.62. The van der Waals surface area contributed by atoms with E-state index in [1.165, 1.54) is 23.9 Å². The molecular formula is C27H22ClFN4O2S. The first-order chi connectivity index (χ1) is 17.4. The standard InChI is InChI=1S/C27H22ClFN4O2S/c1-16-7-12-20(13-21(16)28)30-25(34)15-24-26(35)31-27(36-24)33-23(18-8-10-19(29)11-9-18)14-22(32-33)17-5-3-2-4-6-17/h2-13,23-24H,14-15H2,1H3,(H,30,34). The minimum atomic E-state index is -0.661. The lowest BCUT2D eigenvalue weighted by Gasteiger charge is -2.23. The van der Waals surface area contributed by atoms with Gasteiger partial charge in [-0.2, -0.15) is 10.1 Å². The molecule has 2 atom stereocenters. The van der Waals surface area contributed by atoms with Crippen molar-refractivity contribution in [3.63, 3.8) is 0 Å². The molecule has 0 saturated carbocycles. The van der Waals surface area contributed by atoms with Gasteiger partial charge in [0.2, 0.25) is 5.91 Å². The number of hydrogen-bond donors (Lipinski definition) is 1. The summed E-state index contributed by atoms with van der Waals surface area (Å²) in [7, 11) is 0. The number of rotatable bonds is 5. The van der Waals surface area contributed by atoms with Gasteiger partial charge in [-0.3, -0.25) is 9.59 Å². The van der Waals surface area contributed by atoms with E-state index in [2.05, 4.69) is 10.3 Å². The molecule has 2 amide bonds. The lowest BCUT2D eigenvalue weighted by atomic mass is 9.99. The summed E-state index contributed by atoms with van der Waals surface area (Å²) in [6.07, 6.45) is 0.537. The van der Waals surface area contributed by atoms with Crippen molar-refractivity contribution in [3.8, 4) is 0 Å². The van der Waals surface area contributed by atoms with Crippen molar-refractivity contribution in [3.05, 3.63) is 100 Å². The number of hydrogen-bond acceptors (Lipinski definition) is 5. The van der Waals surface area contributed by atoms with Crippen LogP contribution in [0.25, 0.3) is 0 Å². The van der Waals surface area contributed by atoms with Crippen LogP contribution in [0.1, 0.15) is 35.6 Å². The smallest absolute Gasteiger partial charge is 0.262 e. The third-order valence-electron chi connectivity index (χ3n) is 6.02. The van der Waals surface area contributed by atoms with Crippen LogP contribution in [0.5, 0.6) is 0 Å². The number of benzene rings is 3. The minimum absolute atomic E-state index is 0.0354. The maximum atomic E-state index is 13.6. The lowest BCUT2D eigenvalue weighted by Crippen LogP contribution is -2.25. The zero-order valence-corrected chi connectivity index (χ0v) is 20.9. The summed E-state index contributed by atoms with van der Waals surface area (Å²) >= 11 is 7.36. The fraction of sp³-hybridized carbons (Fsp3) is 0.185. The van der Waals surface area contributed by atoms with E-state index in [4.69, 9.17) is 16.7 Å². The van der Waals surface area contributed by atoms with Crippen molar-refractivity contribution in [2.75, 3.05) is 5.32 Å². The van der Waals surface area contributed by atoms with Crippen LogP contribution in [0.15, 0.2) is 82.9 Å². The molecule has 0 saturated heterocycles. The van der Waals surface area contributed by atoms with E-state index in [0.29, 0.717) is 22.3 Å². The molecule has 182 valence electrons. The Bertz CT molecular complexity index is 1380. The van der Waals surface area contributed by atoms with E-state index >= 15 is 0 Å². The van der Waals surface area contributed by atoms with Gasteiger partial charge < -0.3 is 5.32 Å². The lowest BCUT2D eigenvalue weighted by molar-refractivity contribution is -0.121. The first kappa shape index (κ1) is 24.2. The molecule has 1 N–H and O–H groups in total. The van der Waals surface area contributed by atoms with Crippen LogP contribution in [0.2, 0.25) is 5.02 Å². The predicted octanol–water partition coefficient (Wildman–Crippen LogP) is 5.97. The normalized spacial score (nSPS) is 19.3. The number of amidine groups is 1. The third kappa shape index (κ3) is 5.20. The Morgan fingerprint density at radius 3 is 2.61 bits per heavy atom. The maximum absolute atomic E-state index is 13.6. The molecule has 9 heteroatoms. The van der Waals surface area contributed by atoms with Crippen LogP contribution in [-0.4, -0.2) is 33.0 Å². The molecule has 3 aromatic carbocycles. The van der Waals surface area contributed by atoms with Crippen LogP contribution in [0.3, 0.4) is 0 Å². The molecule has 0 radical (unpaired) electrons. The molecule has 0 aromatic heterocycles. The van der Waals surface area contributed by atoms with E-state index in [1.807, 2.05) is 43.3 Å². The number of carbonyl (C=O) groups excluding carboxylic acids is 2. The number of nitrogens with zero attached hydrogens (tertiary/aromatic N) is 3. The summed E-state index contributed by atoms with van der Waals surface area (Å²) in [4.78, 5) is 29.6. The van der Waals surface area contributed by atoms with Crippen LogP contribution in [0, 0.1) is 12.7 Å². The fourth-order valence-corrected chi connectivity index (χ4v) is 5.33. The summed E-state index contributed by atoms with van der Waals surface area (Å²) in [5.41, 5.74) is 4.15. The number of aliphatic imine (C=N–C) groups is 1. The van der Waals surface area contributed by atoms with Crippen LogP contribution < -0.4 is 5.32 Å². The highest BCUT2D eigenvalue weighted by atomic mass is 35.5. The van der Waals surface area contributed by atoms with E-state index in [-0.39, 0.29) is 30.1 Å². The molecule has 2 aliphatic rings. The number of carbonyl (C=O) groups is 2. The molecule has 0 fully saturated rings. The fourth-order valence-electron chi connectivity index (χ4n) is 4.09. The number of anilines is 1. The molecule has 2 heterocycles. The maximum Gasteiger partial charge on any atom is 0.262 e. The highest BCUT2D eigenvalue weighted by Gasteiger charge is 2.39. The first-order valence-electron chi connectivity index (χ1n) is 11.4. The Morgan fingerprint density at radius 2 is 1.89 bits per heavy atom. The third-order valence-corrected chi connectivity index (χ3v) is 7.57. The molecular weight excluding hydrogens is 499 g/mol. The Kier molecular flexibility index (Phi) is 6.89. The molecule has 0 aliphatic carbocycles. The molecule has 3 aromatic rings. The molecule has 2 aliphatic heterocycles. The summed E-state index contributed by atoms with van der Waals surface area (Å²) in [6, 6.07) is 21.0. The minimum Gasteiger partial charge on any atom is -0.326 e. The average molecular weight is 521 g/mol. The van der Waals surface area contributed by atoms with Crippen LogP contribution in [-0.2, 0) is 9.59 Å². The Balaban J connectivity index is 1.33. The van der Waals surface area contributed by atoms with Crippen molar-refractivity contribution in [2.24, 2.45) is 10.1 Å². The van der Waals surface area contributed by atoms with Gasteiger partial charge in [0.25, 0.3) is 5.91 Å². The summed E-state index contributed by atoms with van der Waals surface area (Å²) < 4.78 is 13.6. The number of halogens is 2. The summed E-state index contributed by atoms with van der Waals surface area (Å²) in [5.74, 6) is -1.01. The van der Waals surface area contributed by atoms with Crippen LogP contribution in [0.4, 0.5) is 10.1 Å². The Morgan fingerprint density at radius 1 is 1.14 bits per heavy atom. The molecule has 5 rings (SSSR count). The van der Waals surface area contributed by atoms with Gasteiger partial charge in [-0.1, -0.05) is 71.9 Å². The van der Waals surface area contributed by atoms with Gasteiger partial charge in [-0.25, -0.2) is 9.40 Å². The van der Waals surface area contributed by atoms with Crippen molar-refractivity contribution in [1.82, 2.24) is 5.01 Å². The quantitative estimate of drug-likeness (QED) is 0.450.